The van der Waals surface area contributed by atoms with E-state index in [1.807, 2.05) is 19.9 Å². The molecule has 1 aromatic rings. The lowest BCUT2D eigenvalue weighted by Crippen LogP contribution is -2.45. The van der Waals surface area contributed by atoms with Crippen LogP contribution in [0.1, 0.15) is 53.4 Å². The van der Waals surface area contributed by atoms with E-state index >= 15 is 0 Å². The maximum atomic E-state index is 14.7. The summed E-state index contributed by atoms with van der Waals surface area (Å²) >= 11 is 0. The third-order valence-electron chi connectivity index (χ3n) is 6.04. The number of hydrogen-bond acceptors (Lipinski definition) is 5. The average Bonchev–Trinajstić information content (AvgIpc) is 2.69. The molecule has 3 rings (SSSR count). The van der Waals surface area contributed by atoms with Crippen molar-refractivity contribution in [1.29, 1.82) is 0 Å². The van der Waals surface area contributed by atoms with Crippen LogP contribution in [0, 0.1) is 11.7 Å². The monoisotopic (exact) mass is 455 g/mol. The molecule has 9 heteroatoms. The van der Waals surface area contributed by atoms with Crippen LogP contribution in [0.5, 0.6) is 0 Å². The second kappa shape index (κ2) is 9.83. The van der Waals surface area contributed by atoms with Gasteiger partial charge < -0.3 is 15.0 Å². The number of rotatable bonds is 6. The molecule has 31 heavy (non-hydrogen) atoms. The van der Waals surface area contributed by atoms with Gasteiger partial charge in [-0.1, -0.05) is 0 Å². The first-order valence-corrected chi connectivity index (χ1v) is 12.6. The minimum absolute atomic E-state index is 0.0753. The second-order valence-electron chi connectivity index (χ2n) is 9.08. The zero-order valence-corrected chi connectivity index (χ0v) is 19.5. The largest absolute Gasteiger partial charge is 0.372 e. The Labute approximate surface area is 184 Å². The molecule has 2 N–H and O–H groups in total. The number of carbonyl (C=O) groups is 1. The van der Waals surface area contributed by atoms with Crippen molar-refractivity contribution in [2.75, 3.05) is 23.3 Å². The molecule has 0 unspecified atom stereocenters. The van der Waals surface area contributed by atoms with Crippen LogP contribution >= 0.6 is 0 Å². The number of morpholine rings is 1. The molecule has 2 fully saturated rings. The molecule has 0 bridgehead atoms. The molecule has 0 spiro atoms. The molecule has 1 aliphatic heterocycles. The van der Waals surface area contributed by atoms with Gasteiger partial charge in [-0.05, 0) is 71.6 Å². The van der Waals surface area contributed by atoms with E-state index in [1.165, 1.54) is 6.07 Å². The van der Waals surface area contributed by atoms with Crippen LogP contribution in [0.3, 0.4) is 0 Å². The number of halogens is 1. The maximum Gasteiger partial charge on any atom is 0.227 e. The Morgan fingerprint density at radius 3 is 2.29 bits per heavy atom. The highest BCUT2D eigenvalue weighted by Gasteiger charge is 2.30. The van der Waals surface area contributed by atoms with Gasteiger partial charge in [-0.25, -0.2) is 17.5 Å². The summed E-state index contributed by atoms with van der Waals surface area (Å²) in [5.74, 6) is -0.929. The van der Waals surface area contributed by atoms with Crippen LogP contribution in [-0.4, -0.2) is 50.9 Å². The van der Waals surface area contributed by atoms with E-state index in [0.717, 1.165) is 5.69 Å². The first-order chi connectivity index (χ1) is 14.5. The third kappa shape index (κ3) is 6.17. The Kier molecular flexibility index (Phi) is 7.59. The Balaban J connectivity index is 1.55. The molecule has 1 aliphatic carbocycles. The fourth-order valence-electron chi connectivity index (χ4n) is 4.27. The number of carbonyl (C=O) groups excluding carboxylic acids is 1. The molecule has 7 nitrogen and oxygen atoms in total. The molecule has 1 aromatic carbocycles. The first kappa shape index (κ1) is 23.9. The van der Waals surface area contributed by atoms with E-state index in [9.17, 15) is 17.6 Å². The van der Waals surface area contributed by atoms with E-state index in [4.69, 9.17) is 4.74 Å². The van der Waals surface area contributed by atoms with E-state index in [-0.39, 0.29) is 35.8 Å². The van der Waals surface area contributed by atoms with Gasteiger partial charge in [-0.2, -0.15) is 0 Å². The lowest BCUT2D eigenvalue weighted by Gasteiger charge is -2.37. The van der Waals surface area contributed by atoms with Gasteiger partial charge >= 0.3 is 0 Å². The lowest BCUT2D eigenvalue weighted by atomic mass is 9.86. The minimum Gasteiger partial charge on any atom is -0.372 e. The van der Waals surface area contributed by atoms with Gasteiger partial charge in [0.25, 0.3) is 0 Å². The van der Waals surface area contributed by atoms with Gasteiger partial charge in [0.2, 0.25) is 15.9 Å². The normalized spacial score (nSPS) is 27.4. The molecule has 0 radical (unpaired) electrons. The summed E-state index contributed by atoms with van der Waals surface area (Å²) in [6.07, 6.45) is 2.48. The smallest absolute Gasteiger partial charge is 0.227 e. The average molecular weight is 456 g/mol. The number of benzene rings is 1. The summed E-state index contributed by atoms with van der Waals surface area (Å²) in [4.78, 5) is 14.7. The molecule has 1 saturated carbocycles. The van der Waals surface area contributed by atoms with E-state index < -0.39 is 21.1 Å². The van der Waals surface area contributed by atoms with Gasteiger partial charge in [0.15, 0.2) is 0 Å². The Bertz CT molecular complexity index is 875. The topological polar surface area (TPSA) is 87.7 Å². The molecule has 174 valence electrons. The Morgan fingerprint density at radius 1 is 1.13 bits per heavy atom. The summed E-state index contributed by atoms with van der Waals surface area (Å²) in [6, 6.07) is 4.74. The molecular formula is C22H34FN3O4S. The number of nitrogens with one attached hydrogen (secondary N) is 2. The Morgan fingerprint density at radius 2 is 1.74 bits per heavy atom. The standard InChI is InChI=1S/C22H34FN3O4S/c1-14(2)31(28,29)25-18-7-5-17(6-8-18)22(27)24-21-10-9-19(11-20(21)23)26-12-15(3)30-16(4)13-26/h9-11,14-18,25H,5-8,12-13H2,1-4H3,(H,24,27)/t15-,16+,17-,18-. The van der Waals surface area contributed by atoms with Gasteiger partial charge in [0.05, 0.1) is 23.1 Å². The van der Waals surface area contributed by atoms with Crippen molar-refractivity contribution in [3.05, 3.63) is 24.0 Å². The van der Waals surface area contributed by atoms with Crippen LogP contribution in [0.25, 0.3) is 0 Å². The highest BCUT2D eigenvalue weighted by Crippen LogP contribution is 2.29. The fourth-order valence-corrected chi connectivity index (χ4v) is 5.24. The van der Waals surface area contributed by atoms with E-state index in [1.54, 1.807) is 19.9 Å². The van der Waals surface area contributed by atoms with Crippen molar-refractivity contribution in [3.63, 3.8) is 0 Å². The highest BCUT2D eigenvalue weighted by molar-refractivity contribution is 7.90. The Hall–Kier alpha value is -1.71. The lowest BCUT2D eigenvalue weighted by molar-refractivity contribution is -0.120. The SMILES string of the molecule is CC(C)S(=O)(=O)N[C@H]1CC[C@H](C(=O)Nc2ccc(N3C[C@@H](C)O[C@@H](C)C3)cc2F)CC1. The van der Waals surface area contributed by atoms with Gasteiger partial charge in [0, 0.05) is 30.7 Å². The molecular weight excluding hydrogens is 421 g/mol. The van der Waals surface area contributed by atoms with Crippen molar-refractivity contribution in [1.82, 2.24) is 4.72 Å². The van der Waals surface area contributed by atoms with Crippen molar-refractivity contribution in [3.8, 4) is 0 Å². The summed E-state index contributed by atoms with van der Waals surface area (Å²) in [5.41, 5.74) is 0.946. The molecule has 2 aliphatic rings. The van der Waals surface area contributed by atoms with Gasteiger partial charge in [-0.3, -0.25) is 4.79 Å². The number of amides is 1. The van der Waals surface area contributed by atoms with Crippen LogP contribution in [0.2, 0.25) is 0 Å². The molecule has 0 aromatic heterocycles. The summed E-state index contributed by atoms with van der Waals surface area (Å²) in [7, 11) is -3.32. The van der Waals surface area contributed by atoms with E-state index in [2.05, 4.69) is 14.9 Å². The predicted molar refractivity (Wildman–Crippen MR) is 120 cm³/mol. The van der Waals surface area contributed by atoms with Crippen molar-refractivity contribution < 1.29 is 22.3 Å². The molecule has 2 atom stereocenters. The maximum absolute atomic E-state index is 14.7. The first-order valence-electron chi connectivity index (χ1n) is 11.1. The minimum atomic E-state index is -3.32. The van der Waals surface area contributed by atoms with Crippen molar-refractivity contribution >= 4 is 27.3 Å². The number of hydrogen-bond donors (Lipinski definition) is 2. The molecule has 1 saturated heterocycles. The third-order valence-corrected chi connectivity index (χ3v) is 7.95. The van der Waals surface area contributed by atoms with Crippen LogP contribution in [0.15, 0.2) is 18.2 Å². The summed E-state index contributed by atoms with van der Waals surface area (Å²) in [5, 5.41) is 2.23. The fraction of sp³-hybridized carbons (Fsp3) is 0.682. The molecule has 1 amide bonds. The number of anilines is 2. The zero-order valence-electron chi connectivity index (χ0n) is 18.7. The molecule has 1 heterocycles. The quantitative estimate of drug-likeness (QED) is 0.688. The predicted octanol–water partition coefficient (Wildman–Crippen LogP) is 3.26. The number of ether oxygens (including phenoxy) is 1. The van der Waals surface area contributed by atoms with E-state index in [0.29, 0.717) is 38.8 Å². The van der Waals surface area contributed by atoms with Gasteiger partial charge in [0.1, 0.15) is 5.82 Å². The highest BCUT2D eigenvalue weighted by atomic mass is 32.2. The summed E-state index contributed by atoms with van der Waals surface area (Å²) < 4.78 is 47.2. The summed E-state index contributed by atoms with van der Waals surface area (Å²) in [6.45, 7) is 8.66. The number of sulfonamides is 1. The zero-order chi connectivity index (χ0) is 22.8. The number of nitrogens with zero attached hydrogens (tertiary/aromatic N) is 1. The van der Waals surface area contributed by atoms with Crippen molar-refractivity contribution in [2.45, 2.75) is 76.9 Å². The van der Waals surface area contributed by atoms with Crippen molar-refractivity contribution in [2.24, 2.45) is 5.92 Å². The van der Waals surface area contributed by atoms with Crippen LogP contribution in [-0.2, 0) is 19.6 Å². The van der Waals surface area contributed by atoms with Crippen LogP contribution < -0.4 is 14.9 Å². The van der Waals surface area contributed by atoms with Crippen LogP contribution in [0.4, 0.5) is 15.8 Å². The second-order valence-corrected chi connectivity index (χ2v) is 11.3. The van der Waals surface area contributed by atoms with Gasteiger partial charge in [-0.15, -0.1) is 0 Å².